The minimum atomic E-state index is -4.60. The normalized spacial score (nSPS) is 25.6. The molecule has 0 spiro atoms. The third-order valence-corrected chi connectivity index (χ3v) is 7.23. The van der Waals surface area contributed by atoms with E-state index in [2.05, 4.69) is 12.1 Å². The smallest absolute Gasteiger partial charge is 0.426 e. The fraction of sp³-hybridized carbons (Fsp3) is 0.409. The van der Waals surface area contributed by atoms with Gasteiger partial charge < -0.3 is 4.74 Å². The molecule has 4 rings (SSSR count). The van der Waals surface area contributed by atoms with Gasteiger partial charge in [0.2, 0.25) is 0 Å². The van der Waals surface area contributed by atoms with Gasteiger partial charge in [-0.15, -0.1) is 11.3 Å². The molecule has 0 amide bonds. The number of alkyl halides is 3. The number of hydrogen-bond acceptors (Lipinski definition) is 3. The van der Waals surface area contributed by atoms with E-state index in [1.807, 2.05) is 23.6 Å². The van der Waals surface area contributed by atoms with Crippen molar-refractivity contribution in [1.82, 2.24) is 0 Å². The van der Waals surface area contributed by atoms with Gasteiger partial charge >= 0.3 is 12.1 Å². The maximum Gasteiger partial charge on any atom is 0.426 e. The number of carbonyl (C=O) groups is 1. The van der Waals surface area contributed by atoms with Crippen LogP contribution < -0.4 is 0 Å². The molecule has 1 saturated carbocycles. The van der Waals surface area contributed by atoms with E-state index in [9.17, 15) is 18.0 Å². The summed E-state index contributed by atoms with van der Waals surface area (Å²) >= 11 is 7.03. The Morgan fingerprint density at radius 2 is 2.00 bits per heavy atom. The zero-order valence-electron chi connectivity index (χ0n) is 15.9. The molecule has 0 N–H and O–H groups in total. The lowest BCUT2D eigenvalue weighted by molar-refractivity contribution is -0.151. The summed E-state index contributed by atoms with van der Waals surface area (Å²) in [6.45, 7) is 3.53. The Balaban J connectivity index is 1.46. The molecule has 2 nitrogen and oxygen atoms in total. The van der Waals surface area contributed by atoms with Crippen molar-refractivity contribution in [3.8, 4) is 10.4 Å². The van der Waals surface area contributed by atoms with E-state index < -0.39 is 34.4 Å². The summed E-state index contributed by atoms with van der Waals surface area (Å²) in [5.74, 6) is -1.63. The largest absolute Gasteiger partial charge is 0.461 e. The zero-order valence-corrected chi connectivity index (χ0v) is 17.5. The van der Waals surface area contributed by atoms with Gasteiger partial charge in [0.1, 0.15) is 11.1 Å². The highest BCUT2D eigenvalue weighted by Crippen LogP contribution is 2.60. The lowest BCUT2D eigenvalue weighted by Gasteiger charge is -2.12. The Labute approximate surface area is 176 Å². The predicted octanol–water partition coefficient (Wildman–Crippen LogP) is 6.38. The van der Waals surface area contributed by atoms with Gasteiger partial charge in [0.15, 0.2) is 0 Å². The molecule has 2 aliphatic carbocycles. The molecular formula is C22H20ClF3O2S. The van der Waals surface area contributed by atoms with Gasteiger partial charge in [0, 0.05) is 17.7 Å². The average Bonchev–Trinajstić information content (AvgIpc) is 3.08. The van der Waals surface area contributed by atoms with E-state index in [0.29, 0.717) is 12.8 Å². The maximum atomic E-state index is 12.7. The van der Waals surface area contributed by atoms with Gasteiger partial charge in [0.25, 0.3) is 0 Å². The maximum absolute atomic E-state index is 12.7. The molecule has 154 valence electrons. The van der Waals surface area contributed by atoms with Crippen LogP contribution in [0.15, 0.2) is 46.8 Å². The molecule has 1 fully saturated rings. The predicted molar refractivity (Wildman–Crippen MR) is 108 cm³/mol. The second-order valence-electron chi connectivity index (χ2n) is 8.22. The van der Waals surface area contributed by atoms with Crippen LogP contribution in [0.3, 0.4) is 0 Å². The number of rotatable bonds is 4. The molecule has 2 aliphatic rings. The van der Waals surface area contributed by atoms with Crippen molar-refractivity contribution in [1.29, 1.82) is 0 Å². The van der Waals surface area contributed by atoms with Crippen LogP contribution in [-0.2, 0) is 22.4 Å². The van der Waals surface area contributed by atoms with Crippen LogP contribution in [-0.4, -0.2) is 18.2 Å². The second kappa shape index (κ2) is 7.17. The first-order valence-corrected chi connectivity index (χ1v) is 10.6. The van der Waals surface area contributed by atoms with E-state index in [1.165, 1.54) is 10.4 Å². The molecule has 0 saturated heterocycles. The molecule has 7 heteroatoms. The summed E-state index contributed by atoms with van der Waals surface area (Å²) in [4.78, 5) is 13.9. The molecule has 1 aromatic heterocycles. The fourth-order valence-electron chi connectivity index (χ4n) is 4.29. The molecule has 1 unspecified atom stereocenters. The second-order valence-corrected chi connectivity index (χ2v) is 9.58. The third kappa shape index (κ3) is 3.84. The summed E-state index contributed by atoms with van der Waals surface area (Å²) in [6, 6.07) is 10.2. The van der Waals surface area contributed by atoms with Crippen LogP contribution in [0.5, 0.6) is 0 Å². The van der Waals surface area contributed by atoms with Crippen molar-refractivity contribution in [2.24, 2.45) is 17.3 Å². The van der Waals surface area contributed by atoms with Crippen molar-refractivity contribution >= 4 is 28.9 Å². The van der Waals surface area contributed by atoms with Crippen molar-refractivity contribution in [2.45, 2.75) is 39.0 Å². The van der Waals surface area contributed by atoms with Gasteiger partial charge in [-0.2, -0.15) is 13.2 Å². The van der Waals surface area contributed by atoms with Crippen LogP contribution in [0.25, 0.3) is 10.4 Å². The van der Waals surface area contributed by atoms with E-state index in [-0.39, 0.29) is 6.10 Å². The summed E-state index contributed by atoms with van der Waals surface area (Å²) in [7, 11) is 0. The number of esters is 1. The Kier molecular flexibility index (Phi) is 5.06. The number of carbonyl (C=O) groups excluding carboxylic acids is 1. The summed E-state index contributed by atoms with van der Waals surface area (Å²) in [5, 5.41) is 0.843. The molecule has 29 heavy (non-hydrogen) atoms. The van der Waals surface area contributed by atoms with Crippen molar-refractivity contribution in [3.05, 3.63) is 57.9 Å². The van der Waals surface area contributed by atoms with Gasteiger partial charge in [-0.25, -0.2) is 0 Å². The average molecular weight is 441 g/mol. The van der Waals surface area contributed by atoms with Crippen LogP contribution in [0, 0.1) is 17.3 Å². The number of allylic oxidation sites excluding steroid dienone is 2. The van der Waals surface area contributed by atoms with Crippen molar-refractivity contribution in [3.63, 3.8) is 0 Å². The quantitative estimate of drug-likeness (QED) is 0.515. The SMILES string of the molecule is CC1(C)[C@H](C(=O)OC2Cc3cccc(-c4cccs4)c3C2)[C@@H]1C=C(Cl)C(F)(F)F. The van der Waals surface area contributed by atoms with Crippen LogP contribution in [0.4, 0.5) is 13.2 Å². The molecule has 0 aliphatic heterocycles. The zero-order chi connectivity index (χ0) is 21.0. The molecule has 0 radical (unpaired) electrons. The summed E-state index contributed by atoms with van der Waals surface area (Å²) in [6.07, 6.45) is -2.70. The minimum Gasteiger partial charge on any atom is -0.461 e. The standard InChI is InChI=1S/C22H20ClF3O2S/c1-21(2)16(11-18(23)22(24,25)26)19(21)20(27)28-13-9-12-5-3-6-14(15(12)10-13)17-7-4-8-29-17/h3-8,11,13,16,19H,9-10H2,1-2H3/t13?,16-,19-/m0/s1. The van der Waals surface area contributed by atoms with E-state index in [0.717, 1.165) is 17.2 Å². The van der Waals surface area contributed by atoms with Crippen LogP contribution in [0.1, 0.15) is 25.0 Å². The highest BCUT2D eigenvalue weighted by Gasteiger charge is 2.62. The first-order valence-electron chi connectivity index (χ1n) is 9.38. The minimum absolute atomic E-state index is 0.294. The van der Waals surface area contributed by atoms with Gasteiger partial charge in [-0.05, 0) is 39.5 Å². The molecular weight excluding hydrogens is 421 g/mol. The molecule has 1 heterocycles. The van der Waals surface area contributed by atoms with Gasteiger partial charge in [-0.3, -0.25) is 4.79 Å². The Morgan fingerprint density at radius 3 is 2.66 bits per heavy atom. The van der Waals surface area contributed by atoms with E-state index in [4.69, 9.17) is 16.3 Å². The lowest BCUT2D eigenvalue weighted by Crippen LogP contribution is -2.21. The number of halogens is 4. The number of ether oxygens (including phenoxy) is 1. The highest BCUT2D eigenvalue weighted by molar-refractivity contribution is 7.13. The number of hydrogen-bond donors (Lipinski definition) is 0. The molecule has 0 bridgehead atoms. The molecule has 2 aromatic rings. The fourth-order valence-corrected chi connectivity index (χ4v) is 5.20. The topological polar surface area (TPSA) is 26.3 Å². The lowest BCUT2D eigenvalue weighted by atomic mass is 10.0. The van der Waals surface area contributed by atoms with Crippen LogP contribution in [0.2, 0.25) is 0 Å². The Bertz CT molecular complexity index is 963. The molecule has 3 atom stereocenters. The molecule has 1 aromatic carbocycles. The van der Waals surface area contributed by atoms with E-state index in [1.54, 1.807) is 25.2 Å². The summed E-state index contributed by atoms with van der Waals surface area (Å²) < 4.78 is 43.9. The summed E-state index contributed by atoms with van der Waals surface area (Å²) in [5.41, 5.74) is 2.89. The van der Waals surface area contributed by atoms with Gasteiger partial charge in [0.05, 0.1) is 5.92 Å². The number of benzene rings is 1. The van der Waals surface area contributed by atoms with Crippen molar-refractivity contribution in [2.75, 3.05) is 0 Å². The number of thiophene rings is 1. The monoisotopic (exact) mass is 440 g/mol. The van der Waals surface area contributed by atoms with E-state index >= 15 is 0 Å². The third-order valence-electron chi connectivity index (χ3n) is 5.98. The van der Waals surface area contributed by atoms with Crippen LogP contribution >= 0.6 is 22.9 Å². The Hall–Kier alpha value is -1.79. The number of fused-ring (bicyclic) bond motifs is 1. The van der Waals surface area contributed by atoms with Crippen molar-refractivity contribution < 1.29 is 22.7 Å². The first-order chi connectivity index (χ1) is 13.6. The highest BCUT2D eigenvalue weighted by atomic mass is 35.5. The Morgan fingerprint density at radius 1 is 1.24 bits per heavy atom. The first kappa shape index (κ1) is 20.5. The van der Waals surface area contributed by atoms with Gasteiger partial charge in [-0.1, -0.05) is 55.8 Å².